The van der Waals surface area contributed by atoms with E-state index in [-0.39, 0.29) is 12.2 Å². The summed E-state index contributed by atoms with van der Waals surface area (Å²) in [6, 6.07) is 7.31. The molecule has 0 aliphatic carbocycles. The van der Waals surface area contributed by atoms with Gasteiger partial charge in [0.15, 0.2) is 0 Å². The van der Waals surface area contributed by atoms with Crippen molar-refractivity contribution in [2.24, 2.45) is 0 Å². The van der Waals surface area contributed by atoms with E-state index in [0.717, 1.165) is 11.8 Å². The fourth-order valence-electron chi connectivity index (χ4n) is 1.51. The summed E-state index contributed by atoms with van der Waals surface area (Å²) >= 11 is 0. The van der Waals surface area contributed by atoms with Crippen molar-refractivity contribution < 1.29 is 19.4 Å². The van der Waals surface area contributed by atoms with E-state index < -0.39 is 5.97 Å². The lowest BCUT2D eigenvalue weighted by Crippen LogP contribution is -2.10. The molecule has 1 aromatic rings. The van der Waals surface area contributed by atoms with Crippen LogP contribution in [0.2, 0.25) is 0 Å². The molecular formula is C15H18O4. The maximum absolute atomic E-state index is 11.5. The first kappa shape index (κ1) is 14.8. The Labute approximate surface area is 113 Å². The smallest absolute Gasteiger partial charge is 0.337 e. The van der Waals surface area contributed by atoms with Crippen molar-refractivity contribution in [2.75, 3.05) is 13.2 Å². The van der Waals surface area contributed by atoms with Crippen molar-refractivity contribution in [3.8, 4) is 5.75 Å². The predicted molar refractivity (Wildman–Crippen MR) is 73.2 cm³/mol. The van der Waals surface area contributed by atoms with Gasteiger partial charge in [-0.05, 0) is 24.6 Å². The lowest BCUT2D eigenvalue weighted by molar-refractivity contribution is -0.138. The van der Waals surface area contributed by atoms with Crippen LogP contribution >= 0.6 is 0 Å². The number of esters is 1. The molecule has 0 aliphatic rings. The van der Waals surface area contributed by atoms with E-state index in [9.17, 15) is 4.79 Å². The van der Waals surface area contributed by atoms with Gasteiger partial charge in [-0.3, -0.25) is 0 Å². The molecule has 19 heavy (non-hydrogen) atoms. The van der Waals surface area contributed by atoms with Crippen LogP contribution in [0.1, 0.15) is 12.5 Å². The maximum Gasteiger partial charge on any atom is 0.337 e. The first-order valence-corrected chi connectivity index (χ1v) is 6.04. The number of ether oxygens (including phenoxy) is 2. The maximum atomic E-state index is 11.5. The zero-order valence-electron chi connectivity index (χ0n) is 11.0. The lowest BCUT2D eigenvalue weighted by atomic mass is 10.1. The van der Waals surface area contributed by atoms with Gasteiger partial charge in [0.2, 0.25) is 0 Å². The van der Waals surface area contributed by atoms with Crippen LogP contribution in [0.3, 0.4) is 0 Å². The number of hydrogen-bond acceptors (Lipinski definition) is 4. The van der Waals surface area contributed by atoms with Gasteiger partial charge >= 0.3 is 5.97 Å². The molecule has 1 aromatic carbocycles. The molecule has 0 aromatic heterocycles. The lowest BCUT2D eigenvalue weighted by Gasteiger charge is -2.08. The predicted octanol–water partition coefficient (Wildman–Crippen LogP) is 2.80. The molecule has 4 heteroatoms. The third kappa shape index (κ3) is 4.87. The van der Waals surface area contributed by atoms with Crippen LogP contribution in [-0.4, -0.2) is 24.3 Å². The highest BCUT2D eigenvalue weighted by molar-refractivity contribution is 5.88. The van der Waals surface area contributed by atoms with Gasteiger partial charge in [-0.25, -0.2) is 4.79 Å². The fraction of sp³-hybridized carbons (Fsp3) is 0.267. The molecule has 0 saturated heterocycles. The molecule has 0 atom stereocenters. The van der Waals surface area contributed by atoms with E-state index >= 15 is 0 Å². The Morgan fingerprint density at radius 2 is 2.26 bits per heavy atom. The summed E-state index contributed by atoms with van der Waals surface area (Å²) in [6.45, 7) is 5.99. The van der Waals surface area contributed by atoms with Gasteiger partial charge in [0.1, 0.15) is 12.4 Å². The van der Waals surface area contributed by atoms with Crippen molar-refractivity contribution >= 4 is 5.97 Å². The Balaban J connectivity index is 2.74. The largest absolute Gasteiger partial charge is 0.515 e. The summed E-state index contributed by atoms with van der Waals surface area (Å²) in [6.07, 6.45) is 2.74. The summed E-state index contributed by atoms with van der Waals surface area (Å²) in [4.78, 5) is 11.5. The summed E-state index contributed by atoms with van der Waals surface area (Å²) < 4.78 is 10.3. The molecule has 1 rings (SSSR count). The second kappa shape index (κ2) is 7.97. The second-order valence-corrected chi connectivity index (χ2v) is 3.80. The van der Waals surface area contributed by atoms with E-state index in [0.29, 0.717) is 18.8 Å². The molecule has 0 amide bonds. The zero-order chi connectivity index (χ0) is 14.1. The van der Waals surface area contributed by atoms with E-state index in [1.807, 2.05) is 24.3 Å². The molecule has 102 valence electrons. The minimum absolute atomic E-state index is 0.211. The normalized spacial score (nSPS) is 10.9. The summed E-state index contributed by atoms with van der Waals surface area (Å²) in [7, 11) is 0. The minimum Gasteiger partial charge on any atom is -0.515 e. The van der Waals surface area contributed by atoms with Crippen LogP contribution < -0.4 is 4.74 Å². The zero-order valence-corrected chi connectivity index (χ0v) is 11.0. The van der Waals surface area contributed by atoms with Crippen LogP contribution in [0.15, 0.2) is 48.8 Å². The molecule has 0 heterocycles. The van der Waals surface area contributed by atoms with E-state index in [1.165, 1.54) is 0 Å². The number of carbonyl (C=O) groups excluding carboxylic acids is 1. The summed E-state index contributed by atoms with van der Waals surface area (Å²) in [5.41, 5.74) is 1.07. The van der Waals surface area contributed by atoms with Gasteiger partial charge < -0.3 is 14.6 Å². The van der Waals surface area contributed by atoms with E-state index in [1.54, 1.807) is 13.0 Å². The van der Waals surface area contributed by atoms with Crippen molar-refractivity contribution in [1.82, 2.24) is 0 Å². The molecule has 0 saturated carbocycles. The highest BCUT2D eigenvalue weighted by Crippen LogP contribution is 2.16. The highest BCUT2D eigenvalue weighted by atomic mass is 16.5. The van der Waals surface area contributed by atoms with Gasteiger partial charge in [-0.15, -0.1) is 0 Å². The number of rotatable bonds is 7. The molecule has 0 radical (unpaired) electrons. The van der Waals surface area contributed by atoms with Gasteiger partial charge in [-0.1, -0.05) is 24.8 Å². The van der Waals surface area contributed by atoms with Crippen molar-refractivity contribution in [3.05, 3.63) is 54.3 Å². The summed E-state index contributed by atoms with van der Waals surface area (Å²) in [5, 5.41) is 9.09. The van der Waals surface area contributed by atoms with E-state index in [2.05, 4.69) is 6.58 Å². The number of benzene rings is 1. The van der Waals surface area contributed by atoms with Crippen LogP contribution in [0.5, 0.6) is 5.75 Å². The molecular weight excluding hydrogens is 244 g/mol. The third-order valence-electron chi connectivity index (χ3n) is 2.35. The van der Waals surface area contributed by atoms with Crippen LogP contribution in [-0.2, 0) is 16.0 Å². The van der Waals surface area contributed by atoms with Gasteiger partial charge in [0.05, 0.1) is 18.4 Å². The number of aliphatic hydroxyl groups is 1. The molecule has 4 nitrogen and oxygen atoms in total. The van der Waals surface area contributed by atoms with Crippen molar-refractivity contribution in [3.63, 3.8) is 0 Å². The number of aliphatic hydroxyl groups excluding tert-OH is 1. The second-order valence-electron chi connectivity index (χ2n) is 3.80. The Morgan fingerprint density at radius 3 is 2.89 bits per heavy atom. The Morgan fingerprint density at radius 1 is 1.47 bits per heavy atom. The SMILES string of the molecule is C=CCOc1cccc(C/C(=C\O)C(=O)OCC)c1. The Kier molecular flexibility index (Phi) is 6.22. The highest BCUT2D eigenvalue weighted by Gasteiger charge is 2.11. The van der Waals surface area contributed by atoms with Crippen LogP contribution in [0, 0.1) is 0 Å². The fourth-order valence-corrected chi connectivity index (χ4v) is 1.51. The first-order chi connectivity index (χ1) is 9.21. The van der Waals surface area contributed by atoms with Gasteiger partial charge in [-0.2, -0.15) is 0 Å². The Bertz CT molecular complexity index is 463. The average molecular weight is 262 g/mol. The topological polar surface area (TPSA) is 55.8 Å². The van der Waals surface area contributed by atoms with Gasteiger partial charge in [0.25, 0.3) is 0 Å². The number of carbonyl (C=O) groups is 1. The third-order valence-corrected chi connectivity index (χ3v) is 2.35. The molecule has 0 bridgehead atoms. The molecule has 1 N–H and O–H groups in total. The van der Waals surface area contributed by atoms with Gasteiger partial charge in [0, 0.05) is 6.42 Å². The monoisotopic (exact) mass is 262 g/mol. The number of hydrogen-bond donors (Lipinski definition) is 1. The van der Waals surface area contributed by atoms with E-state index in [4.69, 9.17) is 14.6 Å². The Hall–Kier alpha value is -2.23. The molecule has 0 spiro atoms. The first-order valence-electron chi connectivity index (χ1n) is 6.04. The standard InChI is InChI=1S/C15H18O4/c1-3-8-19-14-7-5-6-12(10-14)9-13(11-16)15(17)18-4-2/h3,5-7,10-11,16H,1,4,8-9H2,2H3/b13-11+. The average Bonchev–Trinajstić information content (AvgIpc) is 2.43. The summed E-state index contributed by atoms with van der Waals surface area (Å²) in [5.74, 6) is 0.181. The molecule has 0 unspecified atom stereocenters. The van der Waals surface area contributed by atoms with Crippen molar-refractivity contribution in [2.45, 2.75) is 13.3 Å². The molecule has 0 fully saturated rings. The molecule has 0 aliphatic heterocycles. The minimum atomic E-state index is -0.512. The van der Waals surface area contributed by atoms with Crippen LogP contribution in [0.4, 0.5) is 0 Å². The van der Waals surface area contributed by atoms with Crippen molar-refractivity contribution in [1.29, 1.82) is 0 Å². The quantitative estimate of drug-likeness (QED) is 0.355. The van der Waals surface area contributed by atoms with Crippen LogP contribution in [0.25, 0.3) is 0 Å².